The van der Waals surface area contributed by atoms with Gasteiger partial charge in [0.1, 0.15) is 11.5 Å². The van der Waals surface area contributed by atoms with E-state index in [4.69, 9.17) is 4.74 Å². The Bertz CT molecular complexity index is 3870. The second kappa shape index (κ2) is 15.4. The van der Waals surface area contributed by atoms with Crippen molar-refractivity contribution < 1.29 is 4.74 Å². The maximum atomic E-state index is 6.76. The summed E-state index contributed by atoms with van der Waals surface area (Å²) in [5, 5.41) is 0. The van der Waals surface area contributed by atoms with Gasteiger partial charge in [-0.2, -0.15) is 0 Å². The molecule has 0 radical (unpaired) electrons. The van der Waals surface area contributed by atoms with Gasteiger partial charge < -0.3 is 9.64 Å². The highest BCUT2D eigenvalue weighted by molar-refractivity contribution is 7.99. The van der Waals surface area contributed by atoms with Crippen LogP contribution in [0.4, 0.5) is 17.1 Å². The smallest absolute Gasteiger partial charge is 0.132 e. The van der Waals surface area contributed by atoms with Crippen molar-refractivity contribution in [1.82, 2.24) is 0 Å². The van der Waals surface area contributed by atoms with Crippen molar-refractivity contribution >= 4 is 28.8 Å². The summed E-state index contributed by atoms with van der Waals surface area (Å²) in [6.45, 7) is 0. The molecule has 2 aliphatic carbocycles. The van der Waals surface area contributed by atoms with Crippen molar-refractivity contribution in [3.8, 4) is 56.0 Å². The molecule has 2 nitrogen and oxygen atoms in total. The number of ether oxygens (including phenoxy) is 1. The van der Waals surface area contributed by atoms with Crippen LogP contribution >= 0.6 is 11.8 Å². The molecule has 0 atom stereocenters. The van der Waals surface area contributed by atoms with Gasteiger partial charge in [-0.1, -0.05) is 224 Å². The second-order valence-corrected chi connectivity index (χ2v) is 20.1. The van der Waals surface area contributed by atoms with Crippen LogP contribution in [0.2, 0.25) is 0 Å². The minimum atomic E-state index is -0.614. The molecule has 0 aromatic heterocycles. The summed E-state index contributed by atoms with van der Waals surface area (Å²) < 4.78 is 6.76. The molecule has 2 aliphatic heterocycles. The summed E-state index contributed by atoms with van der Waals surface area (Å²) in [7, 11) is 0. The molecular formula is C68H43NOS. The number of anilines is 3. The molecule has 2 spiro atoms. The van der Waals surface area contributed by atoms with E-state index in [1.165, 1.54) is 76.6 Å². The van der Waals surface area contributed by atoms with E-state index in [1.807, 2.05) is 11.8 Å². The number of nitrogens with zero attached hydrogens (tertiary/aromatic N) is 1. The number of para-hydroxylation sites is 3. The van der Waals surface area contributed by atoms with Gasteiger partial charge in [-0.25, -0.2) is 0 Å². The van der Waals surface area contributed by atoms with E-state index < -0.39 is 10.8 Å². The van der Waals surface area contributed by atoms with Crippen molar-refractivity contribution in [2.75, 3.05) is 4.90 Å². The Hall–Kier alpha value is -8.63. The maximum absolute atomic E-state index is 6.76. The van der Waals surface area contributed by atoms with E-state index in [2.05, 4.69) is 266 Å². The maximum Gasteiger partial charge on any atom is 0.132 e. The lowest BCUT2D eigenvalue weighted by atomic mass is 9.66. The Kier molecular flexibility index (Phi) is 8.76. The Morgan fingerprint density at radius 3 is 1.37 bits per heavy atom. The lowest BCUT2D eigenvalue weighted by molar-refractivity contribution is 0.436. The van der Waals surface area contributed by atoms with Crippen LogP contribution in [-0.2, 0) is 10.8 Å². The fraction of sp³-hybridized carbons (Fsp3) is 0.0294. The number of hydrogen-bond donors (Lipinski definition) is 0. The van der Waals surface area contributed by atoms with Crippen LogP contribution < -0.4 is 9.64 Å². The highest BCUT2D eigenvalue weighted by atomic mass is 32.2. The lowest BCUT2D eigenvalue weighted by Gasteiger charge is -2.40. The van der Waals surface area contributed by atoms with Gasteiger partial charge in [0, 0.05) is 37.9 Å². The summed E-state index contributed by atoms with van der Waals surface area (Å²) in [5.41, 5.74) is 22.1. The van der Waals surface area contributed by atoms with Crippen molar-refractivity contribution in [2.45, 2.75) is 20.6 Å². The molecule has 15 rings (SSSR count). The van der Waals surface area contributed by atoms with Gasteiger partial charge in [0.2, 0.25) is 0 Å². The first-order valence-corrected chi connectivity index (χ1v) is 25.3. The number of rotatable bonds is 5. The van der Waals surface area contributed by atoms with E-state index in [9.17, 15) is 0 Å². The highest BCUT2D eigenvalue weighted by Crippen LogP contribution is 2.65. The van der Waals surface area contributed by atoms with Crippen LogP contribution in [0.25, 0.3) is 44.5 Å². The topological polar surface area (TPSA) is 12.5 Å². The van der Waals surface area contributed by atoms with Crippen molar-refractivity contribution in [1.29, 1.82) is 0 Å². The molecule has 332 valence electrons. The zero-order valence-electron chi connectivity index (χ0n) is 38.6. The van der Waals surface area contributed by atoms with Crippen molar-refractivity contribution in [2.24, 2.45) is 0 Å². The standard InChI is InChI=1S/C68H43NOS/c1-2-18-44(19-3-1)45-34-36-46(37-35-45)49-20-7-14-30-62(49)69(47-38-40-53-52-23-6-10-26-56(52)68(61(53)42-47)57-27-11-15-31-63(57)70-64-32-16-12-28-58(64)68)48-39-41-60-66(43-48)71-65-33-17-13-29-59(65)67(60)54-24-8-4-21-50(54)51-22-5-9-25-55(51)67/h1-43H. The minimum Gasteiger partial charge on any atom is -0.457 e. The first-order chi connectivity index (χ1) is 35.2. The first kappa shape index (κ1) is 40.3. The van der Waals surface area contributed by atoms with Crippen LogP contribution in [0, 0.1) is 0 Å². The van der Waals surface area contributed by atoms with Gasteiger partial charge in [0.15, 0.2) is 0 Å². The molecule has 0 unspecified atom stereocenters. The molecule has 0 amide bonds. The zero-order valence-corrected chi connectivity index (χ0v) is 39.4. The molecule has 11 aromatic carbocycles. The Labute approximate surface area is 418 Å². The average molecular weight is 922 g/mol. The van der Waals surface area contributed by atoms with E-state index in [-0.39, 0.29) is 0 Å². The van der Waals surface area contributed by atoms with E-state index in [1.54, 1.807) is 0 Å². The third-order valence-corrected chi connectivity index (χ3v) is 16.8. The molecule has 0 saturated carbocycles. The quantitative estimate of drug-likeness (QED) is 0.171. The SMILES string of the molecule is c1ccc(-c2ccc(-c3ccccc3N(c3ccc4c(c3)Sc3ccccc3C43c4ccccc4-c4ccccc43)c3ccc4c(c3)C3(c5ccccc5Oc5ccccc53)c3ccccc3-4)cc2)cc1. The molecular weight excluding hydrogens is 879 g/mol. The molecule has 3 heteroatoms. The zero-order chi connectivity index (χ0) is 46.7. The Morgan fingerprint density at radius 1 is 0.282 bits per heavy atom. The Balaban J connectivity index is 0.986. The van der Waals surface area contributed by atoms with Gasteiger partial charge in [0.05, 0.1) is 16.5 Å². The monoisotopic (exact) mass is 921 g/mol. The molecule has 0 bridgehead atoms. The van der Waals surface area contributed by atoms with Crippen LogP contribution in [0.5, 0.6) is 11.5 Å². The van der Waals surface area contributed by atoms with Crippen LogP contribution in [0.1, 0.15) is 44.5 Å². The van der Waals surface area contributed by atoms with Gasteiger partial charge >= 0.3 is 0 Å². The molecule has 4 aliphatic rings. The van der Waals surface area contributed by atoms with Gasteiger partial charge in [-0.05, 0) is 121 Å². The van der Waals surface area contributed by atoms with E-state index in [0.29, 0.717) is 0 Å². The number of hydrogen-bond acceptors (Lipinski definition) is 3. The highest BCUT2D eigenvalue weighted by Gasteiger charge is 2.52. The third kappa shape index (κ3) is 5.61. The van der Waals surface area contributed by atoms with Gasteiger partial charge in [0.25, 0.3) is 0 Å². The number of benzene rings is 11. The normalized spacial score (nSPS) is 14.2. The van der Waals surface area contributed by atoms with Gasteiger partial charge in [-0.3, -0.25) is 0 Å². The molecule has 2 heterocycles. The van der Waals surface area contributed by atoms with Crippen molar-refractivity contribution in [3.05, 3.63) is 305 Å². The molecule has 0 N–H and O–H groups in total. The second-order valence-electron chi connectivity index (χ2n) is 19.0. The lowest BCUT2D eigenvalue weighted by Crippen LogP contribution is -2.32. The van der Waals surface area contributed by atoms with Crippen LogP contribution in [-0.4, -0.2) is 0 Å². The molecule has 11 aromatic rings. The minimum absolute atomic E-state index is 0.471. The predicted octanol–water partition coefficient (Wildman–Crippen LogP) is 17.8. The Morgan fingerprint density at radius 2 is 0.718 bits per heavy atom. The number of fused-ring (bicyclic) bond motifs is 18. The average Bonchev–Trinajstić information content (AvgIpc) is 3.89. The fourth-order valence-corrected chi connectivity index (χ4v) is 14.0. The first-order valence-electron chi connectivity index (χ1n) is 24.5. The van der Waals surface area contributed by atoms with Gasteiger partial charge in [-0.15, -0.1) is 0 Å². The van der Waals surface area contributed by atoms with E-state index >= 15 is 0 Å². The molecule has 0 saturated heterocycles. The largest absolute Gasteiger partial charge is 0.457 e. The van der Waals surface area contributed by atoms with Crippen molar-refractivity contribution in [3.63, 3.8) is 0 Å². The third-order valence-electron chi connectivity index (χ3n) is 15.6. The summed E-state index contributed by atoms with van der Waals surface area (Å²) in [6.07, 6.45) is 0. The van der Waals surface area contributed by atoms with E-state index in [0.717, 1.165) is 50.8 Å². The predicted molar refractivity (Wildman–Crippen MR) is 291 cm³/mol. The molecule has 71 heavy (non-hydrogen) atoms. The summed E-state index contributed by atoms with van der Waals surface area (Å²) >= 11 is 1.89. The van der Waals surface area contributed by atoms with Crippen LogP contribution in [0.3, 0.4) is 0 Å². The molecule has 0 fully saturated rings. The fourth-order valence-electron chi connectivity index (χ4n) is 12.8. The summed E-state index contributed by atoms with van der Waals surface area (Å²) in [6, 6.07) is 96.6. The summed E-state index contributed by atoms with van der Waals surface area (Å²) in [5.74, 6) is 1.77. The summed E-state index contributed by atoms with van der Waals surface area (Å²) in [4.78, 5) is 5.04. The van der Waals surface area contributed by atoms with Crippen LogP contribution in [0.15, 0.2) is 271 Å².